The normalized spacial score (nSPS) is 10.9. The number of aryl methyl sites for hydroxylation is 1. The molecule has 1 heterocycles. The number of sulfonamides is 1. The molecule has 0 saturated heterocycles. The molecule has 3 rings (SSSR count). The average molecular weight is 396 g/mol. The van der Waals surface area contributed by atoms with E-state index >= 15 is 0 Å². The number of rotatable bonds is 6. The molecule has 3 N–H and O–H groups in total. The molecule has 0 fully saturated rings. The zero-order valence-corrected chi connectivity index (χ0v) is 16.2. The van der Waals surface area contributed by atoms with Gasteiger partial charge in [0.15, 0.2) is 0 Å². The van der Waals surface area contributed by atoms with Crippen molar-refractivity contribution in [3.05, 3.63) is 72.4 Å². The van der Waals surface area contributed by atoms with E-state index in [1.807, 2.05) is 13.0 Å². The Morgan fingerprint density at radius 2 is 1.64 bits per heavy atom. The van der Waals surface area contributed by atoms with Gasteiger partial charge in [-0.15, -0.1) is 0 Å². The number of benzene rings is 2. The summed E-state index contributed by atoms with van der Waals surface area (Å²) in [6.07, 6.45) is 1.44. The highest BCUT2D eigenvalue weighted by molar-refractivity contribution is 7.92. The fourth-order valence-electron chi connectivity index (χ4n) is 2.49. The third-order valence-electron chi connectivity index (χ3n) is 3.80. The third kappa shape index (κ3) is 5.08. The van der Waals surface area contributed by atoms with Gasteiger partial charge in [-0.3, -0.25) is 9.52 Å². The van der Waals surface area contributed by atoms with E-state index in [1.165, 1.54) is 13.1 Å². The lowest BCUT2D eigenvalue weighted by Crippen LogP contribution is -2.13. The highest BCUT2D eigenvalue weighted by atomic mass is 32.2. The highest BCUT2D eigenvalue weighted by Gasteiger charge is 2.14. The Bertz CT molecular complexity index is 1080. The fourth-order valence-corrected chi connectivity index (χ4v) is 3.53. The summed E-state index contributed by atoms with van der Waals surface area (Å²) in [5.41, 5.74) is 2.75. The third-order valence-corrected chi connectivity index (χ3v) is 5.20. The van der Waals surface area contributed by atoms with Crippen LogP contribution < -0.4 is 15.4 Å². The molecule has 3 aromatic rings. The van der Waals surface area contributed by atoms with Gasteiger partial charge in [0.2, 0.25) is 5.91 Å². The Hall–Kier alpha value is -3.39. The summed E-state index contributed by atoms with van der Waals surface area (Å²) in [5.74, 6) is 0.388. The number of carbonyl (C=O) groups excluding carboxylic acids is 1. The quantitative estimate of drug-likeness (QED) is 0.587. The van der Waals surface area contributed by atoms with E-state index in [0.717, 1.165) is 11.3 Å². The van der Waals surface area contributed by atoms with Crippen molar-refractivity contribution in [2.24, 2.45) is 0 Å². The first-order valence-electron chi connectivity index (χ1n) is 8.52. The zero-order chi connectivity index (χ0) is 20.1. The van der Waals surface area contributed by atoms with Crippen LogP contribution in [0.1, 0.15) is 12.5 Å². The van der Waals surface area contributed by atoms with Crippen LogP contribution in [-0.2, 0) is 14.8 Å². The molecule has 1 amide bonds. The molecule has 0 saturated carbocycles. The number of aromatic nitrogens is 1. The van der Waals surface area contributed by atoms with E-state index in [2.05, 4.69) is 20.3 Å². The maximum absolute atomic E-state index is 12.4. The van der Waals surface area contributed by atoms with E-state index in [9.17, 15) is 13.2 Å². The van der Waals surface area contributed by atoms with Crippen molar-refractivity contribution < 1.29 is 13.2 Å². The second kappa shape index (κ2) is 8.10. The largest absolute Gasteiger partial charge is 0.340 e. The summed E-state index contributed by atoms with van der Waals surface area (Å²) in [5, 5.41) is 5.81. The standard InChI is InChI=1S/C20H20N4O3S/c1-14-6-9-19(10-7-14)28(26,27)24-18-8-11-20(21-13-18)23-17-5-3-4-16(12-17)22-15(2)25/h3-13,24H,1-2H3,(H,21,23)(H,22,25). The Kier molecular flexibility index (Phi) is 5.60. The molecule has 0 aliphatic rings. The first-order chi connectivity index (χ1) is 13.3. The van der Waals surface area contributed by atoms with Crippen LogP contribution in [0.15, 0.2) is 71.8 Å². The zero-order valence-electron chi connectivity index (χ0n) is 15.4. The molecule has 0 unspecified atom stereocenters. The molecule has 0 atom stereocenters. The number of nitrogens with zero attached hydrogens (tertiary/aromatic N) is 1. The van der Waals surface area contributed by atoms with E-state index in [-0.39, 0.29) is 10.8 Å². The lowest BCUT2D eigenvalue weighted by atomic mass is 10.2. The molecular formula is C20H20N4O3S. The van der Waals surface area contributed by atoms with E-state index < -0.39 is 10.0 Å². The summed E-state index contributed by atoms with van der Waals surface area (Å²) in [6, 6.07) is 17.1. The Morgan fingerprint density at radius 3 is 2.29 bits per heavy atom. The summed E-state index contributed by atoms with van der Waals surface area (Å²) < 4.78 is 27.4. The van der Waals surface area contributed by atoms with E-state index in [0.29, 0.717) is 17.2 Å². The van der Waals surface area contributed by atoms with Crippen LogP contribution in [0.4, 0.5) is 22.9 Å². The van der Waals surface area contributed by atoms with Crippen molar-refractivity contribution >= 4 is 38.8 Å². The average Bonchev–Trinajstić information content (AvgIpc) is 2.63. The number of amides is 1. The lowest BCUT2D eigenvalue weighted by molar-refractivity contribution is -0.114. The number of nitrogens with one attached hydrogen (secondary N) is 3. The SMILES string of the molecule is CC(=O)Nc1cccc(Nc2ccc(NS(=O)(=O)c3ccc(C)cc3)cn2)c1. The second-order valence-corrected chi connectivity index (χ2v) is 7.92. The highest BCUT2D eigenvalue weighted by Crippen LogP contribution is 2.21. The smallest absolute Gasteiger partial charge is 0.261 e. The van der Waals surface area contributed by atoms with Crippen LogP contribution in [0, 0.1) is 6.92 Å². The number of hydrogen-bond acceptors (Lipinski definition) is 5. The Balaban J connectivity index is 1.70. The predicted octanol–water partition coefficient (Wildman–Crippen LogP) is 3.89. The monoisotopic (exact) mass is 396 g/mol. The molecule has 0 spiro atoms. The molecular weight excluding hydrogens is 376 g/mol. The van der Waals surface area contributed by atoms with E-state index in [4.69, 9.17) is 0 Å². The fraction of sp³-hybridized carbons (Fsp3) is 0.100. The number of pyridine rings is 1. The van der Waals surface area contributed by atoms with Crippen molar-refractivity contribution in [1.29, 1.82) is 0 Å². The van der Waals surface area contributed by atoms with Crippen LogP contribution in [0.2, 0.25) is 0 Å². The van der Waals surface area contributed by atoms with Gasteiger partial charge in [0.25, 0.3) is 10.0 Å². The minimum absolute atomic E-state index is 0.152. The van der Waals surface area contributed by atoms with Crippen LogP contribution >= 0.6 is 0 Å². The van der Waals surface area contributed by atoms with E-state index in [1.54, 1.807) is 54.6 Å². The van der Waals surface area contributed by atoms with Crippen LogP contribution in [0.5, 0.6) is 0 Å². The molecule has 144 valence electrons. The summed E-state index contributed by atoms with van der Waals surface area (Å²) in [6.45, 7) is 3.34. The molecule has 1 aromatic heterocycles. The summed E-state index contributed by atoms with van der Waals surface area (Å²) in [4.78, 5) is 15.6. The number of anilines is 4. The van der Waals surface area contributed by atoms with Crippen molar-refractivity contribution in [3.63, 3.8) is 0 Å². The molecule has 0 aliphatic heterocycles. The van der Waals surface area contributed by atoms with Gasteiger partial charge in [-0.05, 0) is 49.4 Å². The van der Waals surface area contributed by atoms with Crippen molar-refractivity contribution in [2.75, 3.05) is 15.4 Å². The van der Waals surface area contributed by atoms with Gasteiger partial charge >= 0.3 is 0 Å². The predicted molar refractivity (Wildman–Crippen MR) is 110 cm³/mol. The summed E-state index contributed by atoms with van der Waals surface area (Å²) >= 11 is 0. The molecule has 7 nitrogen and oxygen atoms in total. The lowest BCUT2D eigenvalue weighted by Gasteiger charge is -2.10. The molecule has 0 radical (unpaired) electrons. The van der Waals surface area contributed by atoms with Crippen molar-refractivity contribution in [2.45, 2.75) is 18.7 Å². The Labute approximate surface area is 163 Å². The maximum Gasteiger partial charge on any atom is 0.261 e. The van der Waals surface area contributed by atoms with Gasteiger partial charge in [-0.1, -0.05) is 23.8 Å². The van der Waals surface area contributed by atoms with Gasteiger partial charge in [0.05, 0.1) is 16.8 Å². The van der Waals surface area contributed by atoms with Gasteiger partial charge in [0, 0.05) is 18.3 Å². The molecule has 0 bridgehead atoms. The van der Waals surface area contributed by atoms with Crippen LogP contribution in [0.3, 0.4) is 0 Å². The van der Waals surface area contributed by atoms with Gasteiger partial charge < -0.3 is 10.6 Å². The van der Waals surface area contributed by atoms with Gasteiger partial charge in [0.1, 0.15) is 5.82 Å². The van der Waals surface area contributed by atoms with Gasteiger partial charge in [-0.2, -0.15) is 0 Å². The second-order valence-electron chi connectivity index (χ2n) is 6.24. The first-order valence-corrected chi connectivity index (χ1v) is 10.0. The van der Waals surface area contributed by atoms with Crippen molar-refractivity contribution in [3.8, 4) is 0 Å². The summed E-state index contributed by atoms with van der Waals surface area (Å²) in [7, 11) is -3.67. The molecule has 0 aliphatic carbocycles. The van der Waals surface area contributed by atoms with Crippen molar-refractivity contribution in [1.82, 2.24) is 4.98 Å². The van der Waals surface area contributed by atoms with Crippen LogP contribution in [-0.4, -0.2) is 19.3 Å². The Morgan fingerprint density at radius 1 is 0.929 bits per heavy atom. The minimum atomic E-state index is -3.67. The van der Waals surface area contributed by atoms with Crippen LogP contribution in [0.25, 0.3) is 0 Å². The molecule has 2 aromatic carbocycles. The minimum Gasteiger partial charge on any atom is -0.340 e. The maximum atomic E-state index is 12.4. The topological polar surface area (TPSA) is 100 Å². The molecule has 8 heteroatoms. The number of carbonyl (C=O) groups is 1. The molecule has 28 heavy (non-hydrogen) atoms. The number of hydrogen-bond donors (Lipinski definition) is 3. The first kappa shape index (κ1) is 19.4. The van der Waals surface area contributed by atoms with Gasteiger partial charge in [-0.25, -0.2) is 13.4 Å².